The van der Waals surface area contributed by atoms with Gasteiger partial charge in [0, 0.05) is 12.7 Å². The van der Waals surface area contributed by atoms with E-state index in [0.29, 0.717) is 13.0 Å². The quantitative estimate of drug-likeness (QED) is 0.779. The number of aromatic nitrogens is 2. The number of hydrogen-bond acceptors (Lipinski definition) is 4. The summed E-state index contributed by atoms with van der Waals surface area (Å²) >= 11 is 0. The summed E-state index contributed by atoms with van der Waals surface area (Å²) in [7, 11) is 0. The predicted octanol–water partition coefficient (Wildman–Crippen LogP) is 0.581. The largest absolute Gasteiger partial charge is 0.411 e. The van der Waals surface area contributed by atoms with Gasteiger partial charge in [-0.2, -0.15) is 13.2 Å². The van der Waals surface area contributed by atoms with Gasteiger partial charge in [0.2, 0.25) is 0 Å². The van der Waals surface area contributed by atoms with E-state index in [9.17, 15) is 22.8 Å². The average molecular weight is 295 g/mol. The van der Waals surface area contributed by atoms with Crippen molar-refractivity contribution in [3.8, 4) is 0 Å². The molecule has 9 heteroatoms. The van der Waals surface area contributed by atoms with Crippen LogP contribution in [0.5, 0.6) is 0 Å². The van der Waals surface area contributed by atoms with Crippen molar-refractivity contribution < 1.29 is 17.9 Å². The number of alkyl halides is 3. The third kappa shape index (κ3) is 4.41. The molecule has 6 nitrogen and oxygen atoms in total. The second kappa shape index (κ2) is 6.60. The van der Waals surface area contributed by atoms with Gasteiger partial charge in [0.25, 0.3) is 5.56 Å². The monoisotopic (exact) mass is 295 g/mol. The van der Waals surface area contributed by atoms with Crippen LogP contribution < -0.4 is 17.0 Å². The molecule has 0 aliphatic rings. The topological polar surface area (TPSA) is 79.2 Å². The van der Waals surface area contributed by atoms with Crippen molar-refractivity contribution >= 4 is 5.69 Å². The number of ether oxygens (including phenoxy) is 1. The highest BCUT2D eigenvalue weighted by molar-refractivity contribution is 5.30. The van der Waals surface area contributed by atoms with Crippen molar-refractivity contribution in [3.05, 3.63) is 27.0 Å². The van der Waals surface area contributed by atoms with Crippen LogP contribution in [-0.4, -0.2) is 28.5 Å². The number of aryl methyl sites for hydroxylation is 1. The Morgan fingerprint density at radius 1 is 1.30 bits per heavy atom. The van der Waals surface area contributed by atoms with Crippen molar-refractivity contribution in [2.24, 2.45) is 0 Å². The van der Waals surface area contributed by atoms with E-state index in [-0.39, 0.29) is 12.2 Å². The molecule has 114 valence electrons. The lowest BCUT2D eigenvalue weighted by Gasteiger charge is -2.11. The first kappa shape index (κ1) is 16.3. The Bertz CT molecular complexity index is 563. The third-order valence-electron chi connectivity index (χ3n) is 2.45. The second-order valence-electron chi connectivity index (χ2n) is 4.18. The number of nitrogen functional groups attached to an aromatic ring is 1. The summed E-state index contributed by atoms with van der Waals surface area (Å²) in [6, 6.07) is 0. The molecule has 1 aromatic rings. The minimum Gasteiger partial charge on any atom is -0.393 e. The first-order chi connectivity index (χ1) is 9.26. The zero-order chi connectivity index (χ0) is 15.3. The van der Waals surface area contributed by atoms with Gasteiger partial charge in [-0.1, -0.05) is 6.92 Å². The van der Waals surface area contributed by atoms with Crippen LogP contribution in [0.15, 0.2) is 15.8 Å². The van der Waals surface area contributed by atoms with Crippen molar-refractivity contribution in [1.29, 1.82) is 0 Å². The first-order valence-corrected chi connectivity index (χ1v) is 6.00. The van der Waals surface area contributed by atoms with Crippen LogP contribution in [0.3, 0.4) is 0 Å². The standard InChI is InChI=1S/C11H16F3N3O3/c1-2-3-16-6-8(15)9(18)17(10(16)19)4-5-20-7-11(12,13)14/h6H,2-5,7,15H2,1H3. The lowest BCUT2D eigenvalue weighted by molar-refractivity contribution is -0.174. The fourth-order valence-electron chi connectivity index (χ4n) is 1.62. The minimum atomic E-state index is -4.44. The van der Waals surface area contributed by atoms with Crippen LogP contribution in [0, 0.1) is 0 Å². The maximum absolute atomic E-state index is 11.9. The summed E-state index contributed by atoms with van der Waals surface area (Å²) in [6.45, 7) is 0.108. The maximum Gasteiger partial charge on any atom is 0.411 e. The Balaban J connectivity index is 2.84. The van der Waals surface area contributed by atoms with Gasteiger partial charge in [0.05, 0.1) is 13.2 Å². The van der Waals surface area contributed by atoms with Crippen LogP contribution in [0.1, 0.15) is 13.3 Å². The van der Waals surface area contributed by atoms with E-state index < -0.39 is 30.6 Å². The minimum absolute atomic E-state index is 0.131. The summed E-state index contributed by atoms with van der Waals surface area (Å²) in [5, 5.41) is 0. The summed E-state index contributed by atoms with van der Waals surface area (Å²) in [5.74, 6) is 0. The number of rotatable bonds is 6. The van der Waals surface area contributed by atoms with Crippen LogP contribution in [0.2, 0.25) is 0 Å². The van der Waals surface area contributed by atoms with Gasteiger partial charge in [0.15, 0.2) is 0 Å². The molecule has 0 aliphatic carbocycles. The Hall–Kier alpha value is -1.77. The fourth-order valence-corrected chi connectivity index (χ4v) is 1.62. The zero-order valence-corrected chi connectivity index (χ0v) is 10.9. The fraction of sp³-hybridized carbons (Fsp3) is 0.636. The van der Waals surface area contributed by atoms with Crippen LogP contribution in [0.4, 0.5) is 18.9 Å². The average Bonchev–Trinajstić information content (AvgIpc) is 2.34. The molecular formula is C11H16F3N3O3. The number of anilines is 1. The molecule has 1 rings (SSSR count). The Labute approximate surface area is 112 Å². The highest BCUT2D eigenvalue weighted by atomic mass is 19.4. The number of nitrogens with two attached hydrogens (primary N) is 1. The summed E-state index contributed by atoms with van der Waals surface area (Å²) in [6.07, 6.45) is -2.55. The lowest BCUT2D eigenvalue weighted by Crippen LogP contribution is -2.41. The molecule has 0 aromatic carbocycles. The Morgan fingerprint density at radius 2 is 1.95 bits per heavy atom. The summed E-state index contributed by atoms with van der Waals surface area (Å²) < 4.78 is 42.1. The molecule has 0 saturated carbocycles. The van der Waals surface area contributed by atoms with Gasteiger partial charge in [-0.15, -0.1) is 0 Å². The third-order valence-corrected chi connectivity index (χ3v) is 2.45. The van der Waals surface area contributed by atoms with E-state index >= 15 is 0 Å². The molecule has 0 amide bonds. The molecule has 0 atom stereocenters. The highest BCUT2D eigenvalue weighted by Gasteiger charge is 2.27. The van der Waals surface area contributed by atoms with Crippen molar-refractivity contribution in [3.63, 3.8) is 0 Å². The molecule has 2 N–H and O–H groups in total. The molecule has 0 saturated heterocycles. The molecular weight excluding hydrogens is 279 g/mol. The molecule has 0 radical (unpaired) electrons. The van der Waals surface area contributed by atoms with Gasteiger partial charge < -0.3 is 10.5 Å². The van der Waals surface area contributed by atoms with E-state index in [0.717, 1.165) is 4.57 Å². The molecule has 1 aromatic heterocycles. The Morgan fingerprint density at radius 3 is 2.50 bits per heavy atom. The van der Waals surface area contributed by atoms with Crippen LogP contribution in [-0.2, 0) is 17.8 Å². The van der Waals surface area contributed by atoms with Gasteiger partial charge in [-0.25, -0.2) is 4.79 Å². The van der Waals surface area contributed by atoms with Gasteiger partial charge in [0.1, 0.15) is 12.3 Å². The van der Waals surface area contributed by atoms with E-state index in [4.69, 9.17) is 5.73 Å². The number of nitrogens with zero attached hydrogens (tertiary/aromatic N) is 2. The Kier molecular flexibility index (Phi) is 5.37. The van der Waals surface area contributed by atoms with Gasteiger partial charge in [-0.3, -0.25) is 13.9 Å². The second-order valence-corrected chi connectivity index (χ2v) is 4.18. The predicted molar refractivity (Wildman–Crippen MR) is 66.5 cm³/mol. The molecule has 1 heterocycles. The summed E-state index contributed by atoms with van der Waals surface area (Å²) in [5.41, 5.74) is 4.02. The molecule has 0 spiro atoms. The zero-order valence-electron chi connectivity index (χ0n) is 10.9. The molecule has 0 aliphatic heterocycles. The van der Waals surface area contributed by atoms with Gasteiger partial charge in [-0.05, 0) is 6.42 Å². The van der Waals surface area contributed by atoms with E-state index in [1.165, 1.54) is 10.8 Å². The first-order valence-electron chi connectivity index (χ1n) is 6.00. The van der Waals surface area contributed by atoms with Crippen molar-refractivity contribution in [1.82, 2.24) is 9.13 Å². The van der Waals surface area contributed by atoms with E-state index in [1.54, 1.807) is 0 Å². The highest BCUT2D eigenvalue weighted by Crippen LogP contribution is 2.14. The molecule has 0 fully saturated rings. The van der Waals surface area contributed by atoms with Crippen molar-refractivity contribution in [2.45, 2.75) is 32.6 Å². The summed E-state index contributed by atoms with van der Waals surface area (Å²) in [4.78, 5) is 23.6. The van der Waals surface area contributed by atoms with Gasteiger partial charge >= 0.3 is 11.9 Å². The number of halogens is 3. The molecule has 0 bridgehead atoms. The van der Waals surface area contributed by atoms with E-state index in [1.807, 2.05) is 6.92 Å². The SMILES string of the molecule is CCCn1cc(N)c(=O)n(CCOCC(F)(F)F)c1=O. The van der Waals surface area contributed by atoms with Crippen LogP contribution in [0.25, 0.3) is 0 Å². The lowest BCUT2D eigenvalue weighted by atomic mass is 10.4. The van der Waals surface area contributed by atoms with Crippen molar-refractivity contribution in [2.75, 3.05) is 18.9 Å². The maximum atomic E-state index is 11.9. The van der Waals surface area contributed by atoms with Crippen LogP contribution >= 0.6 is 0 Å². The normalized spacial score (nSPS) is 11.8. The smallest absolute Gasteiger partial charge is 0.393 e. The van der Waals surface area contributed by atoms with E-state index in [2.05, 4.69) is 4.74 Å². The number of hydrogen-bond donors (Lipinski definition) is 1. The molecule has 0 unspecified atom stereocenters. The molecule has 20 heavy (non-hydrogen) atoms.